The molecule has 0 spiro atoms. The Labute approximate surface area is 182 Å². The number of nitrogens with zero attached hydrogens (tertiary/aromatic N) is 4. The summed E-state index contributed by atoms with van der Waals surface area (Å²) >= 11 is 0. The first-order chi connectivity index (χ1) is 15.0. The minimum atomic E-state index is -0.0165. The second-order valence-corrected chi connectivity index (χ2v) is 7.00. The average molecular weight is 424 g/mol. The molecule has 0 aliphatic rings. The molecule has 0 bridgehead atoms. The summed E-state index contributed by atoms with van der Waals surface area (Å²) in [7, 11) is 5.00. The van der Waals surface area contributed by atoms with E-state index >= 15 is 0 Å². The summed E-state index contributed by atoms with van der Waals surface area (Å²) in [4.78, 5) is 6.78. The van der Waals surface area contributed by atoms with E-state index in [0.717, 1.165) is 29.3 Å². The summed E-state index contributed by atoms with van der Waals surface area (Å²) in [6, 6.07) is 13.5. The van der Waals surface area contributed by atoms with Crippen LogP contribution in [0, 0.1) is 0 Å². The van der Waals surface area contributed by atoms with Gasteiger partial charge in [0.1, 0.15) is 0 Å². The van der Waals surface area contributed by atoms with E-state index < -0.39 is 0 Å². The summed E-state index contributed by atoms with van der Waals surface area (Å²) < 4.78 is 12.3. The minimum Gasteiger partial charge on any atom is -0.502 e. The molecule has 8 heteroatoms. The van der Waals surface area contributed by atoms with E-state index in [0.29, 0.717) is 24.6 Å². The van der Waals surface area contributed by atoms with Gasteiger partial charge in [0.25, 0.3) is 0 Å². The Morgan fingerprint density at radius 1 is 1.13 bits per heavy atom. The average Bonchev–Trinajstić information content (AvgIpc) is 3.26. The van der Waals surface area contributed by atoms with Gasteiger partial charge in [-0.1, -0.05) is 18.2 Å². The molecule has 0 radical (unpaired) electrons. The second kappa shape index (κ2) is 10.4. The number of para-hydroxylation sites is 1. The van der Waals surface area contributed by atoms with E-state index in [2.05, 4.69) is 10.4 Å². The highest BCUT2D eigenvalue weighted by molar-refractivity contribution is 5.79. The molecule has 0 aliphatic carbocycles. The number of benzene rings is 2. The molecule has 3 rings (SSSR count). The van der Waals surface area contributed by atoms with Gasteiger partial charge in [-0.2, -0.15) is 5.10 Å². The molecule has 31 heavy (non-hydrogen) atoms. The lowest BCUT2D eigenvalue weighted by atomic mass is 10.2. The Morgan fingerprint density at radius 3 is 2.42 bits per heavy atom. The number of ether oxygens (including phenoxy) is 2. The van der Waals surface area contributed by atoms with Crippen LogP contribution in [-0.4, -0.2) is 53.6 Å². The highest BCUT2D eigenvalue weighted by Crippen LogP contribution is 2.37. The van der Waals surface area contributed by atoms with E-state index in [4.69, 9.17) is 14.5 Å². The Bertz CT molecular complexity index is 992. The van der Waals surface area contributed by atoms with Crippen molar-refractivity contribution in [2.45, 2.75) is 20.0 Å². The molecule has 0 saturated carbocycles. The van der Waals surface area contributed by atoms with E-state index in [1.807, 2.05) is 66.3 Å². The lowest BCUT2D eigenvalue weighted by Gasteiger charge is -2.21. The van der Waals surface area contributed by atoms with Crippen molar-refractivity contribution in [3.63, 3.8) is 0 Å². The molecule has 0 saturated heterocycles. The van der Waals surface area contributed by atoms with Crippen molar-refractivity contribution < 1.29 is 14.6 Å². The number of aliphatic imine (C=N–C) groups is 1. The van der Waals surface area contributed by atoms with Crippen LogP contribution in [-0.2, 0) is 13.1 Å². The van der Waals surface area contributed by atoms with Crippen molar-refractivity contribution in [2.24, 2.45) is 4.99 Å². The normalized spacial score (nSPS) is 11.3. The Morgan fingerprint density at radius 2 is 1.81 bits per heavy atom. The SMILES string of the molecule is CCNC(=NCc1cc(OC)c(O)c(OC)c1)N(C)Cc1cnn(-c2ccccc2)c1. The fourth-order valence-corrected chi connectivity index (χ4v) is 3.19. The van der Waals surface area contributed by atoms with Crippen LogP contribution in [0.2, 0.25) is 0 Å². The van der Waals surface area contributed by atoms with Crippen LogP contribution in [0.4, 0.5) is 0 Å². The van der Waals surface area contributed by atoms with Crippen LogP contribution < -0.4 is 14.8 Å². The zero-order chi connectivity index (χ0) is 22.2. The summed E-state index contributed by atoms with van der Waals surface area (Å²) in [5, 5.41) is 17.9. The molecule has 1 heterocycles. The van der Waals surface area contributed by atoms with Crippen LogP contribution in [0.5, 0.6) is 17.2 Å². The standard InChI is InChI=1S/C23H29N5O3/c1-5-24-23(25-13-17-11-20(30-3)22(29)21(12-17)31-4)27(2)15-18-14-26-28(16-18)19-9-7-6-8-10-19/h6-12,14,16,29H,5,13,15H2,1-4H3,(H,24,25). The first-order valence-electron chi connectivity index (χ1n) is 10.1. The van der Waals surface area contributed by atoms with Gasteiger partial charge in [-0.25, -0.2) is 9.67 Å². The van der Waals surface area contributed by atoms with Gasteiger partial charge < -0.3 is 24.8 Å². The molecule has 0 amide bonds. The van der Waals surface area contributed by atoms with Crippen LogP contribution in [0.15, 0.2) is 59.9 Å². The number of guanidine groups is 1. The topological polar surface area (TPSA) is 84.1 Å². The highest BCUT2D eigenvalue weighted by Gasteiger charge is 2.12. The molecule has 3 aromatic rings. The lowest BCUT2D eigenvalue weighted by Crippen LogP contribution is -2.38. The first-order valence-corrected chi connectivity index (χ1v) is 10.1. The van der Waals surface area contributed by atoms with E-state index in [-0.39, 0.29) is 5.75 Å². The molecule has 2 aromatic carbocycles. The number of aromatic nitrogens is 2. The zero-order valence-electron chi connectivity index (χ0n) is 18.4. The Hall–Kier alpha value is -3.68. The molecule has 0 aliphatic heterocycles. The van der Waals surface area contributed by atoms with E-state index in [9.17, 15) is 5.11 Å². The maximum atomic E-state index is 10.1. The van der Waals surface area contributed by atoms with Gasteiger partial charge in [-0.05, 0) is 36.8 Å². The number of hydrogen-bond acceptors (Lipinski definition) is 5. The highest BCUT2D eigenvalue weighted by atomic mass is 16.5. The number of phenolic OH excluding ortho intramolecular Hbond substituents is 1. The van der Waals surface area contributed by atoms with Crippen LogP contribution in [0.25, 0.3) is 5.69 Å². The number of rotatable bonds is 8. The predicted molar refractivity (Wildman–Crippen MR) is 121 cm³/mol. The van der Waals surface area contributed by atoms with Crippen molar-refractivity contribution in [1.82, 2.24) is 20.0 Å². The van der Waals surface area contributed by atoms with Crippen LogP contribution in [0.1, 0.15) is 18.1 Å². The van der Waals surface area contributed by atoms with Gasteiger partial charge in [0.2, 0.25) is 5.75 Å². The van der Waals surface area contributed by atoms with Crippen molar-refractivity contribution in [3.05, 3.63) is 66.0 Å². The van der Waals surface area contributed by atoms with Crippen molar-refractivity contribution in [3.8, 4) is 22.9 Å². The van der Waals surface area contributed by atoms with Gasteiger partial charge >= 0.3 is 0 Å². The first kappa shape index (κ1) is 22.0. The fourth-order valence-electron chi connectivity index (χ4n) is 3.19. The smallest absolute Gasteiger partial charge is 0.200 e. The third kappa shape index (κ3) is 5.48. The molecular weight excluding hydrogens is 394 g/mol. The van der Waals surface area contributed by atoms with Gasteiger partial charge in [-0.15, -0.1) is 0 Å². The monoisotopic (exact) mass is 423 g/mol. The maximum absolute atomic E-state index is 10.1. The summed E-state index contributed by atoms with van der Waals surface area (Å²) in [6.07, 6.45) is 3.88. The fraction of sp³-hybridized carbons (Fsp3) is 0.304. The van der Waals surface area contributed by atoms with Crippen LogP contribution >= 0.6 is 0 Å². The molecule has 1 aromatic heterocycles. The van der Waals surface area contributed by atoms with Crippen LogP contribution in [0.3, 0.4) is 0 Å². The molecule has 0 unspecified atom stereocenters. The Balaban J connectivity index is 1.74. The molecule has 8 nitrogen and oxygen atoms in total. The third-order valence-corrected chi connectivity index (χ3v) is 4.72. The van der Waals surface area contributed by atoms with Gasteiger partial charge in [-0.3, -0.25) is 0 Å². The minimum absolute atomic E-state index is 0.0165. The van der Waals surface area contributed by atoms with Gasteiger partial charge in [0.05, 0.1) is 32.6 Å². The molecule has 0 atom stereocenters. The lowest BCUT2D eigenvalue weighted by molar-refractivity contribution is 0.339. The summed E-state index contributed by atoms with van der Waals surface area (Å²) in [5.41, 5.74) is 2.96. The third-order valence-electron chi connectivity index (χ3n) is 4.72. The number of methoxy groups -OCH3 is 2. The quantitative estimate of drug-likeness (QED) is 0.428. The van der Waals surface area contributed by atoms with Gasteiger partial charge in [0, 0.05) is 31.9 Å². The number of nitrogens with one attached hydrogen (secondary N) is 1. The summed E-state index contributed by atoms with van der Waals surface area (Å²) in [6.45, 7) is 3.84. The largest absolute Gasteiger partial charge is 0.502 e. The Kier molecular flexibility index (Phi) is 7.37. The number of hydrogen-bond donors (Lipinski definition) is 2. The van der Waals surface area contributed by atoms with Crippen molar-refractivity contribution >= 4 is 5.96 Å². The molecule has 2 N–H and O–H groups in total. The molecular formula is C23H29N5O3. The summed E-state index contributed by atoms with van der Waals surface area (Å²) in [5.74, 6) is 1.46. The van der Waals surface area contributed by atoms with E-state index in [1.54, 1.807) is 12.1 Å². The van der Waals surface area contributed by atoms with Crippen molar-refractivity contribution in [1.29, 1.82) is 0 Å². The predicted octanol–water partition coefficient (Wildman–Crippen LogP) is 3.19. The zero-order valence-corrected chi connectivity index (χ0v) is 18.4. The van der Waals surface area contributed by atoms with E-state index in [1.165, 1.54) is 14.2 Å². The maximum Gasteiger partial charge on any atom is 0.200 e. The number of aromatic hydroxyl groups is 1. The van der Waals surface area contributed by atoms with Crippen molar-refractivity contribution in [2.75, 3.05) is 27.8 Å². The number of phenols is 1. The molecule has 0 fully saturated rings. The van der Waals surface area contributed by atoms with Gasteiger partial charge in [0.15, 0.2) is 17.5 Å². The second-order valence-electron chi connectivity index (χ2n) is 7.00. The molecule has 164 valence electrons.